The van der Waals surface area contributed by atoms with Crippen molar-refractivity contribution < 1.29 is 28.2 Å². The van der Waals surface area contributed by atoms with Crippen molar-refractivity contribution in [3.63, 3.8) is 0 Å². The van der Waals surface area contributed by atoms with Crippen LogP contribution in [0.5, 0.6) is 17.2 Å². The van der Waals surface area contributed by atoms with Crippen LogP contribution in [0.3, 0.4) is 0 Å². The predicted molar refractivity (Wildman–Crippen MR) is 146 cm³/mol. The molecule has 0 unspecified atom stereocenters. The first-order valence-electron chi connectivity index (χ1n) is 11.9. The highest BCUT2D eigenvalue weighted by molar-refractivity contribution is 8.15. The third-order valence-corrected chi connectivity index (χ3v) is 7.07. The number of nitrogens with one attached hydrogen (secondary N) is 1. The minimum Gasteiger partial charge on any atom is -0.495 e. The van der Waals surface area contributed by atoms with Crippen LogP contribution in [0.2, 0.25) is 0 Å². The number of aliphatic imine (C=N–C) groups is 1. The average Bonchev–Trinajstić information content (AvgIpc) is 3.21. The van der Waals surface area contributed by atoms with Crippen molar-refractivity contribution >= 4 is 40.1 Å². The van der Waals surface area contributed by atoms with E-state index in [-0.39, 0.29) is 24.1 Å². The molecule has 1 fully saturated rings. The van der Waals surface area contributed by atoms with Gasteiger partial charge in [0.15, 0.2) is 16.7 Å². The maximum atomic E-state index is 13.4. The van der Waals surface area contributed by atoms with Gasteiger partial charge in [-0.3, -0.25) is 14.5 Å². The van der Waals surface area contributed by atoms with Crippen LogP contribution in [0.1, 0.15) is 12.0 Å². The lowest BCUT2D eigenvalue weighted by Gasteiger charge is -2.17. The smallest absolute Gasteiger partial charge is 0.242 e. The maximum absolute atomic E-state index is 13.4. The van der Waals surface area contributed by atoms with Gasteiger partial charge in [0, 0.05) is 13.0 Å². The summed E-state index contributed by atoms with van der Waals surface area (Å²) in [6, 6.07) is 18.4. The van der Waals surface area contributed by atoms with Crippen LogP contribution in [0.4, 0.5) is 15.8 Å². The topological polar surface area (TPSA) is 89.5 Å². The van der Waals surface area contributed by atoms with Crippen molar-refractivity contribution in [2.45, 2.75) is 18.1 Å². The third kappa shape index (κ3) is 6.44. The molecule has 1 aliphatic heterocycles. The van der Waals surface area contributed by atoms with Crippen molar-refractivity contribution in [1.82, 2.24) is 4.90 Å². The van der Waals surface area contributed by atoms with E-state index in [2.05, 4.69) is 10.3 Å². The van der Waals surface area contributed by atoms with Crippen molar-refractivity contribution in [3.05, 3.63) is 78.1 Å². The van der Waals surface area contributed by atoms with Crippen molar-refractivity contribution in [3.8, 4) is 17.2 Å². The summed E-state index contributed by atoms with van der Waals surface area (Å²) in [5.74, 6) is 0.832. The number of methoxy groups -OCH3 is 3. The van der Waals surface area contributed by atoms with Gasteiger partial charge < -0.3 is 19.5 Å². The number of nitrogens with zero attached hydrogens (tertiary/aromatic N) is 2. The number of ether oxygens (including phenoxy) is 3. The second-order valence-electron chi connectivity index (χ2n) is 8.36. The summed E-state index contributed by atoms with van der Waals surface area (Å²) in [5.41, 5.74) is 1.98. The van der Waals surface area contributed by atoms with E-state index in [1.54, 1.807) is 55.5 Å². The zero-order chi connectivity index (χ0) is 27.1. The molecule has 3 aromatic rings. The molecule has 1 N–H and O–H groups in total. The molecule has 8 nitrogen and oxygen atoms in total. The molecule has 0 bridgehead atoms. The number of hydrogen-bond donors (Lipinski definition) is 1. The number of halogens is 1. The number of anilines is 1. The highest BCUT2D eigenvalue weighted by atomic mass is 32.2. The average molecular weight is 538 g/mol. The molecule has 198 valence electrons. The van der Waals surface area contributed by atoms with Crippen LogP contribution < -0.4 is 19.5 Å². The molecule has 1 heterocycles. The molecule has 1 aliphatic rings. The first kappa shape index (κ1) is 27.0. The lowest BCUT2D eigenvalue weighted by atomic mass is 10.1. The van der Waals surface area contributed by atoms with Gasteiger partial charge in [0.1, 0.15) is 16.8 Å². The first-order chi connectivity index (χ1) is 18.4. The summed E-state index contributed by atoms with van der Waals surface area (Å²) in [5, 5.41) is 2.62. The van der Waals surface area contributed by atoms with Crippen LogP contribution in [0.15, 0.2) is 71.7 Å². The normalized spacial score (nSPS) is 16.0. The fourth-order valence-electron chi connectivity index (χ4n) is 3.95. The molecular formula is C28H28FN3O5S. The van der Waals surface area contributed by atoms with E-state index in [1.165, 1.54) is 31.0 Å². The van der Waals surface area contributed by atoms with E-state index in [1.807, 2.05) is 18.2 Å². The van der Waals surface area contributed by atoms with Gasteiger partial charge in [0.2, 0.25) is 11.8 Å². The van der Waals surface area contributed by atoms with E-state index in [9.17, 15) is 14.0 Å². The second-order valence-corrected chi connectivity index (χ2v) is 9.53. The van der Waals surface area contributed by atoms with Gasteiger partial charge in [-0.25, -0.2) is 9.38 Å². The Morgan fingerprint density at radius 3 is 2.39 bits per heavy atom. The molecule has 0 radical (unpaired) electrons. The van der Waals surface area contributed by atoms with Crippen LogP contribution in [0, 0.1) is 5.82 Å². The highest BCUT2D eigenvalue weighted by Gasteiger charge is 2.39. The Morgan fingerprint density at radius 2 is 1.68 bits per heavy atom. The molecule has 0 aromatic heterocycles. The lowest BCUT2D eigenvalue weighted by Crippen LogP contribution is -2.35. The van der Waals surface area contributed by atoms with Crippen LogP contribution in [-0.4, -0.2) is 55.0 Å². The molecular weight excluding hydrogens is 509 g/mol. The van der Waals surface area contributed by atoms with Gasteiger partial charge >= 0.3 is 0 Å². The second kappa shape index (κ2) is 12.5. The Morgan fingerprint density at radius 1 is 0.974 bits per heavy atom. The Bertz CT molecular complexity index is 1330. The summed E-state index contributed by atoms with van der Waals surface area (Å²) >= 11 is 1.22. The van der Waals surface area contributed by atoms with Crippen molar-refractivity contribution in [2.75, 3.05) is 33.2 Å². The molecule has 4 rings (SSSR count). The van der Waals surface area contributed by atoms with Crippen LogP contribution in [-0.2, 0) is 16.0 Å². The van der Waals surface area contributed by atoms with Crippen molar-refractivity contribution in [1.29, 1.82) is 0 Å². The van der Waals surface area contributed by atoms with Crippen molar-refractivity contribution in [2.24, 2.45) is 4.99 Å². The molecule has 3 aromatic carbocycles. The fraction of sp³-hybridized carbons (Fsp3) is 0.250. The summed E-state index contributed by atoms with van der Waals surface area (Å²) in [4.78, 5) is 32.4. The number of carbonyl (C=O) groups is 2. The van der Waals surface area contributed by atoms with Gasteiger partial charge in [-0.1, -0.05) is 30.0 Å². The number of amidine groups is 1. The summed E-state index contributed by atoms with van der Waals surface area (Å²) in [6.45, 7) is 0.339. The van der Waals surface area contributed by atoms with E-state index in [0.717, 1.165) is 5.56 Å². The Balaban J connectivity index is 1.52. The molecule has 0 aliphatic carbocycles. The van der Waals surface area contributed by atoms with Gasteiger partial charge in [-0.2, -0.15) is 0 Å². The largest absolute Gasteiger partial charge is 0.495 e. The zero-order valence-electron chi connectivity index (χ0n) is 21.3. The molecule has 0 spiro atoms. The van der Waals surface area contributed by atoms with E-state index in [0.29, 0.717) is 46.8 Å². The van der Waals surface area contributed by atoms with Gasteiger partial charge in [0.25, 0.3) is 0 Å². The van der Waals surface area contributed by atoms with E-state index < -0.39 is 5.25 Å². The third-order valence-electron chi connectivity index (χ3n) is 5.90. The predicted octanol–water partition coefficient (Wildman–Crippen LogP) is 5.05. The monoisotopic (exact) mass is 537 g/mol. The Labute approximate surface area is 224 Å². The number of para-hydroxylation sites is 2. The van der Waals surface area contributed by atoms with Gasteiger partial charge in [-0.15, -0.1) is 0 Å². The lowest BCUT2D eigenvalue weighted by molar-refractivity contribution is -0.128. The Kier molecular flexibility index (Phi) is 8.85. The minimum atomic E-state index is -0.658. The standard InChI is InChI=1S/C28H28FN3O5S/c1-35-22-7-5-4-6-21(22)31-26(33)17-25-27(34)32(28(38-25)30-20-11-9-19(29)10-12-20)15-14-18-8-13-23(36-2)24(16-18)37-3/h4-13,16,25H,14-15,17H2,1-3H3,(H,31,33)/t25-/m0/s1. The van der Waals surface area contributed by atoms with E-state index in [4.69, 9.17) is 14.2 Å². The molecule has 1 saturated heterocycles. The number of benzene rings is 3. The molecule has 0 saturated carbocycles. The number of hydrogen-bond acceptors (Lipinski definition) is 7. The first-order valence-corrected chi connectivity index (χ1v) is 12.8. The highest BCUT2D eigenvalue weighted by Crippen LogP contribution is 2.33. The van der Waals surface area contributed by atoms with E-state index >= 15 is 0 Å². The van der Waals surface area contributed by atoms with Gasteiger partial charge in [-0.05, 0) is 60.5 Å². The number of amides is 2. The van der Waals surface area contributed by atoms with Crippen LogP contribution in [0.25, 0.3) is 0 Å². The summed E-state index contributed by atoms with van der Waals surface area (Å²) in [6.07, 6.45) is 0.478. The number of carbonyl (C=O) groups excluding carboxylic acids is 2. The fourth-order valence-corrected chi connectivity index (χ4v) is 5.14. The summed E-state index contributed by atoms with van der Waals surface area (Å²) in [7, 11) is 4.66. The zero-order valence-corrected chi connectivity index (χ0v) is 22.1. The summed E-state index contributed by atoms with van der Waals surface area (Å²) < 4.78 is 29.4. The van der Waals surface area contributed by atoms with Gasteiger partial charge in [0.05, 0.1) is 32.7 Å². The quantitative estimate of drug-likeness (QED) is 0.389. The molecule has 1 atom stereocenters. The molecule has 2 amide bonds. The number of rotatable bonds is 10. The molecule has 38 heavy (non-hydrogen) atoms. The van der Waals surface area contributed by atoms with Crippen LogP contribution >= 0.6 is 11.8 Å². The minimum absolute atomic E-state index is 0.0448. The molecule has 10 heteroatoms. The maximum Gasteiger partial charge on any atom is 0.242 e. The number of thioether (sulfide) groups is 1. The SMILES string of the molecule is COc1ccccc1NC(=O)C[C@@H]1SC(=Nc2ccc(F)cc2)N(CCc2ccc(OC)c(OC)c2)C1=O. The Hall–Kier alpha value is -4.05.